The molecule has 2 aliphatic rings. The molecule has 9 rings (SSSR count). The van der Waals surface area contributed by atoms with Crippen LogP contribution in [-0.4, -0.2) is 19.9 Å². The number of H-pyrrole nitrogens is 2. The summed E-state index contributed by atoms with van der Waals surface area (Å²) in [5, 5.41) is 4.59. The summed E-state index contributed by atoms with van der Waals surface area (Å²) in [5.41, 5.74) is 22.4. The predicted octanol–water partition coefficient (Wildman–Crippen LogP) is 14.9. The van der Waals surface area contributed by atoms with Gasteiger partial charge in [-0.1, -0.05) is 99.2 Å². The maximum Gasteiger partial charge on any atom is 0.0769 e. The molecule has 0 fully saturated rings. The largest absolute Gasteiger partial charge is 0.355 e. The van der Waals surface area contributed by atoms with Crippen LogP contribution in [0.2, 0.25) is 0 Å². The van der Waals surface area contributed by atoms with E-state index in [-0.39, 0.29) is 0 Å². The number of rotatable bonds is 7. The van der Waals surface area contributed by atoms with Crippen LogP contribution in [0.15, 0.2) is 97.1 Å². The molecule has 4 nitrogen and oxygen atoms in total. The summed E-state index contributed by atoms with van der Waals surface area (Å²) in [7, 11) is 0. The van der Waals surface area contributed by atoms with Gasteiger partial charge in [0.05, 0.1) is 22.8 Å². The van der Waals surface area contributed by atoms with Gasteiger partial charge in [0.1, 0.15) is 0 Å². The number of aromatic nitrogens is 4. The molecule has 0 amide bonds. The number of unbranched alkanes of at least 4 members (excludes halogenated alkanes) is 2. The smallest absolute Gasteiger partial charge is 0.0769 e. The van der Waals surface area contributed by atoms with E-state index in [1.54, 1.807) is 0 Å². The number of aromatic amines is 2. The molecule has 8 bridgehead atoms. The van der Waals surface area contributed by atoms with Crippen LogP contribution >= 0.6 is 0 Å². The summed E-state index contributed by atoms with van der Waals surface area (Å²) in [6.07, 6.45) is 6.62. The highest BCUT2D eigenvalue weighted by Gasteiger charge is 2.25. The Balaban J connectivity index is 1.17. The van der Waals surface area contributed by atoms with E-state index in [0.717, 1.165) is 117 Å². The molecule has 314 valence electrons. The van der Waals surface area contributed by atoms with Gasteiger partial charge in [0, 0.05) is 38.8 Å². The zero-order chi connectivity index (χ0) is 44.5. The van der Waals surface area contributed by atoms with Gasteiger partial charge in [-0.15, -0.1) is 0 Å². The van der Waals surface area contributed by atoms with Crippen LogP contribution in [0, 0.1) is 49.4 Å². The fourth-order valence-electron chi connectivity index (χ4n) is 9.26. The Bertz CT molecular complexity index is 3300. The summed E-state index contributed by atoms with van der Waals surface area (Å²) in [6, 6.07) is 34.3. The molecule has 0 spiro atoms. The number of hydrogen-bond donors (Lipinski definition) is 2. The maximum atomic E-state index is 5.46. The van der Waals surface area contributed by atoms with Crippen LogP contribution < -0.4 is 0 Å². The monoisotopic (exact) mass is 830 g/mol. The van der Waals surface area contributed by atoms with E-state index in [2.05, 4.69) is 198 Å². The summed E-state index contributed by atoms with van der Waals surface area (Å²) in [4.78, 5) is 18.7. The van der Waals surface area contributed by atoms with Crippen molar-refractivity contribution >= 4 is 65.9 Å². The lowest BCUT2D eigenvalue weighted by atomic mass is 9.94. The first-order valence-electron chi connectivity index (χ1n) is 22.8. The number of nitrogens with zero attached hydrogens (tertiary/aromatic N) is 2. The van der Waals surface area contributed by atoms with Crippen molar-refractivity contribution in [1.82, 2.24) is 19.9 Å². The SMILES string of the molecule is CCCCc1c(C)c2cc3nc(c(-c4ccc(C#CC#CC#Cc5c6ccccc6cc6ccccc56)cc4)c4nc(cc5[nH]c(cc1[nH]2)c(CCCC)c5C)C(C)=C4C)C(C)=C3C. The van der Waals surface area contributed by atoms with Crippen molar-refractivity contribution in [1.29, 1.82) is 0 Å². The van der Waals surface area contributed by atoms with Crippen LogP contribution in [0.5, 0.6) is 0 Å². The molecular weight excluding hydrogens is 777 g/mol. The third-order valence-electron chi connectivity index (χ3n) is 13.4. The summed E-state index contributed by atoms with van der Waals surface area (Å²) < 4.78 is 0. The fourth-order valence-corrected chi connectivity index (χ4v) is 9.26. The Morgan fingerprint density at radius 3 is 1.47 bits per heavy atom. The minimum atomic E-state index is 0.875. The van der Waals surface area contributed by atoms with Gasteiger partial charge in [-0.2, -0.15) is 0 Å². The van der Waals surface area contributed by atoms with Gasteiger partial charge in [-0.05, 0) is 199 Å². The van der Waals surface area contributed by atoms with Gasteiger partial charge >= 0.3 is 0 Å². The van der Waals surface area contributed by atoms with Crippen molar-refractivity contribution in [3.05, 3.63) is 153 Å². The van der Waals surface area contributed by atoms with Gasteiger partial charge in [-0.25, -0.2) is 9.97 Å². The van der Waals surface area contributed by atoms with Gasteiger partial charge in [0.15, 0.2) is 0 Å². The molecule has 4 aromatic carbocycles. The van der Waals surface area contributed by atoms with Crippen LogP contribution in [0.4, 0.5) is 0 Å². The van der Waals surface area contributed by atoms with Crippen molar-refractivity contribution in [2.75, 3.05) is 0 Å². The van der Waals surface area contributed by atoms with Crippen LogP contribution in [0.1, 0.15) is 123 Å². The highest BCUT2D eigenvalue weighted by atomic mass is 14.8. The molecule has 0 saturated heterocycles. The van der Waals surface area contributed by atoms with Crippen LogP contribution in [0.25, 0.3) is 77.0 Å². The minimum absolute atomic E-state index is 0.875. The molecular formula is C60H54N4. The zero-order valence-corrected chi connectivity index (χ0v) is 38.4. The van der Waals surface area contributed by atoms with Crippen molar-refractivity contribution in [2.45, 2.75) is 93.9 Å². The highest BCUT2D eigenvalue weighted by Crippen LogP contribution is 2.42. The molecule has 64 heavy (non-hydrogen) atoms. The zero-order valence-electron chi connectivity index (χ0n) is 38.4. The Hall–Kier alpha value is -7.32. The van der Waals surface area contributed by atoms with E-state index in [4.69, 9.17) is 9.97 Å². The highest BCUT2D eigenvalue weighted by molar-refractivity contribution is 6.05. The predicted molar refractivity (Wildman–Crippen MR) is 272 cm³/mol. The Kier molecular flexibility index (Phi) is 11.7. The fraction of sp³-hybridized carbons (Fsp3) is 0.233. The molecule has 5 heterocycles. The van der Waals surface area contributed by atoms with E-state index in [1.807, 2.05) is 0 Å². The third-order valence-corrected chi connectivity index (χ3v) is 13.4. The number of allylic oxidation sites excluding steroid dienone is 4. The van der Waals surface area contributed by atoms with Crippen LogP contribution in [-0.2, 0) is 12.8 Å². The second kappa shape index (κ2) is 17.8. The van der Waals surface area contributed by atoms with Gasteiger partial charge in [0.25, 0.3) is 0 Å². The molecule has 7 aromatic rings. The van der Waals surface area contributed by atoms with E-state index in [9.17, 15) is 0 Å². The topological polar surface area (TPSA) is 57.4 Å². The average molecular weight is 831 g/mol. The first kappa shape index (κ1) is 42.0. The number of aryl methyl sites for hydroxylation is 4. The van der Waals surface area contributed by atoms with E-state index >= 15 is 0 Å². The first-order chi connectivity index (χ1) is 31.1. The molecule has 0 saturated carbocycles. The molecule has 0 unspecified atom stereocenters. The average Bonchev–Trinajstić information content (AvgIpc) is 3.96. The molecule has 2 N–H and O–H groups in total. The molecule has 0 aliphatic carbocycles. The lowest BCUT2D eigenvalue weighted by Crippen LogP contribution is -1.93. The Labute approximate surface area is 378 Å². The molecule has 2 aliphatic heterocycles. The molecule has 0 radical (unpaired) electrons. The lowest BCUT2D eigenvalue weighted by Gasteiger charge is -2.10. The van der Waals surface area contributed by atoms with Crippen LogP contribution in [0.3, 0.4) is 0 Å². The van der Waals surface area contributed by atoms with E-state index in [1.165, 1.54) is 55.2 Å². The summed E-state index contributed by atoms with van der Waals surface area (Å²) >= 11 is 0. The van der Waals surface area contributed by atoms with Gasteiger partial charge in [0.2, 0.25) is 0 Å². The number of benzene rings is 4. The van der Waals surface area contributed by atoms with Crippen molar-refractivity contribution in [2.24, 2.45) is 0 Å². The molecule has 0 atom stereocenters. The second-order valence-electron chi connectivity index (χ2n) is 17.3. The first-order valence-corrected chi connectivity index (χ1v) is 22.8. The van der Waals surface area contributed by atoms with Crippen molar-refractivity contribution in [3.8, 4) is 46.6 Å². The van der Waals surface area contributed by atoms with E-state index in [0.29, 0.717) is 0 Å². The Morgan fingerprint density at radius 1 is 0.484 bits per heavy atom. The van der Waals surface area contributed by atoms with E-state index < -0.39 is 0 Å². The quantitative estimate of drug-likeness (QED) is 0.124. The summed E-state index contributed by atoms with van der Waals surface area (Å²) in [5.74, 6) is 18.7. The van der Waals surface area contributed by atoms with Crippen molar-refractivity contribution < 1.29 is 0 Å². The second-order valence-corrected chi connectivity index (χ2v) is 17.3. The third kappa shape index (κ3) is 7.85. The minimum Gasteiger partial charge on any atom is -0.355 e. The van der Waals surface area contributed by atoms with Gasteiger partial charge < -0.3 is 9.97 Å². The van der Waals surface area contributed by atoms with Crippen molar-refractivity contribution in [3.63, 3.8) is 0 Å². The summed E-state index contributed by atoms with van der Waals surface area (Å²) in [6.45, 7) is 17.8. The normalized spacial score (nSPS) is 12.2. The number of nitrogens with one attached hydrogen (secondary N) is 2. The Morgan fingerprint density at radius 2 is 0.969 bits per heavy atom. The standard InChI is InChI=1S/C60H54N4/c1-9-11-24-47-41(7)54-34-52-37(3)39(5)59(63-52)58(60-40(6)38(4)53(64-60)35-55-42(8)48(25-12-10-2)57(62-55)36-56(47)61-54)44-31-29-43(30-32-44)21-15-13-14-16-28-51-49-26-19-17-22-45(49)33-46-23-18-20-27-50(46)51/h17-20,22-23,26-27,29-36,61-62H,9-12,24-25H2,1-8H3. The van der Waals surface area contributed by atoms with Gasteiger partial charge in [-0.3, -0.25) is 0 Å². The lowest BCUT2D eigenvalue weighted by molar-refractivity contribution is 0.796. The number of hydrogen-bond acceptors (Lipinski definition) is 2. The molecule has 3 aromatic heterocycles. The molecule has 4 heteroatoms. The number of fused-ring (bicyclic) bond motifs is 10. The maximum absolute atomic E-state index is 5.46.